The maximum absolute atomic E-state index is 13.4. The highest BCUT2D eigenvalue weighted by Gasteiger charge is 2.35. The molecule has 1 aromatic carbocycles. The van der Waals surface area contributed by atoms with E-state index in [0.29, 0.717) is 42.6 Å². The Morgan fingerprint density at radius 3 is 2.68 bits per heavy atom. The van der Waals surface area contributed by atoms with E-state index in [9.17, 15) is 22.4 Å². The number of aromatic nitrogens is 1. The highest BCUT2D eigenvalue weighted by Crippen LogP contribution is 2.33. The molecule has 0 radical (unpaired) electrons. The number of anilines is 2. The van der Waals surface area contributed by atoms with Crippen LogP contribution in [-0.2, 0) is 6.18 Å². The standard InChI is InChI=1S/C18H17ClF4N4O/c1-11-10-26(16-14(19)3-2-6-24-16)7-8-27(11)17(28)25-12-4-5-15(20)13(9-12)18(21,22)23/h2-6,9,11H,7-8,10H2,1H3,(H,25,28). The largest absolute Gasteiger partial charge is 0.419 e. The molecule has 0 aliphatic carbocycles. The summed E-state index contributed by atoms with van der Waals surface area (Å²) in [5, 5.41) is 2.91. The van der Waals surface area contributed by atoms with E-state index in [0.717, 1.165) is 6.07 Å². The van der Waals surface area contributed by atoms with Crippen molar-refractivity contribution in [1.29, 1.82) is 0 Å². The Morgan fingerprint density at radius 1 is 1.29 bits per heavy atom. The highest BCUT2D eigenvalue weighted by molar-refractivity contribution is 6.32. The number of hydrogen-bond acceptors (Lipinski definition) is 3. The van der Waals surface area contributed by atoms with Crippen molar-refractivity contribution in [3.05, 3.63) is 52.9 Å². The summed E-state index contributed by atoms with van der Waals surface area (Å²) < 4.78 is 51.9. The molecule has 1 fully saturated rings. The zero-order chi connectivity index (χ0) is 20.5. The van der Waals surface area contributed by atoms with Crippen molar-refractivity contribution in [2.24, 2.45) is 0 Å². The van der Waals surface area contributed by atoms with E-state index in [4.69, 9.17) is 11.6 Å². The number of benzene rings is 1. The molecule has 1 unspecified atom stereocenters. The minimum absolute atomic E-state index is 0.124. The lowest BCUT2D eigenvalue weighted by atomic mass is 10.1. The van der Waals surface area contributed by atoms with Crippen LogP contribution in [0.3, 0.4) is 0 Å². The van der Waals surface area contributed by atoms with Gasteiger partial charge < -0.3 is 15.1 Å². The van der Waals surface area contributed by atoms with E-state index in [2.05, 4.69) is 10.3 Å². The summed E-state index contributed by atoms with van der Waals surface area (Å²) in [5.41, 5.74) is -1.55. The van der Waals surface area contributed by atoms with E-state index in [-0.39, 0.29) is 11.7 Å². The van der Waals surface area contributed by atoms with E-state index in [1.54, 1.807) is 18.3 Å². The zero-order valence-corrected chi connectivity index (χ0v) is 15.6. The molecular formula is C18H17ClF4N4O. The lowest BCUT2D eigenvalue weighted by Gasteiger charge is -2.40. The first-order valence-electron chi connectivity index (χ1n) is 8.46. The molecular weight excluding hydrogens is 400 g/mol. The topological polar surface area (TPSA) is 48.5 Å². The van der Waals surface area contributed by atoms with Crippen LogP contribution in [0.2, 0.25) is 5.02 Å². The number of nitrogens with one attached hydrogen (secondary N) is 1. The number of rotatable bonds is 2. The Balaban J connectivity index is 1.69. The molecule has 1 aromatic heterocycles. The van der Waals surface area contributed by atoms with Crippen molar-refractivity contribution < 1.29 is 22.4 Å². The fourth-order valence-electron chi connectivity index (χ4n) is 3.08. The van der Waals surface area contributed by atoms with Gasteiger partial charge in [0, 0.05) is 37.6 Å². The van der Waals surface area contributed by atoms with Crippen molar-refractivity contribution in [1.82, 2.24) is 9.88 Å². The molecule has 1 saturated heterocycles. The van der Waals surface area contributed by atoms with Crippen LogP contribution in [0, 0.1) is 5.82 Å². The molecule has 0 bridgehead atoms. The van der Waals surface area contributed by atoms with Crippen LogP contribution < -0.4 is 10.2 Å². The average Bonchev–Trinajstić information content (AvgIpc) is 2.62. The van der Waals surface area contributed by atoms with Crippen molar-refractivity contribution in [3.63, 3.8) is 0 Å². The number of halogens is 5. The number of piperazine rings is 1. The quantitative estimate of drug-likeness (QED) is 0.726. The minimum Gasteiger partial charge on any atom is -0.352 e. The van der Waals surface area contributed by atoms with Gasteiger partial charge in [0.2, 0.25) is 0 Å². The van der Waals surface area contributed by atoms with Gasteiger partial charge in [-0.25, -0.2) is 14.2 Å². The number of carbonyl (C=O) groups excluding carboxylic acids is 1. The number of urea groups is 1. The van der Waals surface area contributed by atoms with Crippen molar-refractivity contribution >= 4 is 29.1 Å². The molecule has 28 heavy (non-hydrogen) atoms. The van der Waals surface area contributed by atoms with Crippen LogP contribution in [0.4, 0.5) is 33.9 Å². The second-order valence-corrected chi connectivity index (χ2v) is 6.83. The molecule has 3 rings (SSSR count). The molecule has 0 spiro atoms. The van der Waals surface area contributed by atoms with Crippen LogP contribution >= 0.6 is 11.6 Å². The molecule has 150 valence electrons. The van der Waals surface area contributed by atoms with Gasteiger partial charge in [-0.3, -0.25) is 0 Å². The van der Waals surface area contributed by atoms with Crippen molar-refractivity contribution in [3.8, 4) is 0 Å². The Morgan fingerprint density at radius 2 is 2.04 bits per heavy atom. The second-order valence-electron chi connectivity index (χ2n) is 6.42. The van der Waals surface area contributed by atoms with Gasteiger partial charge in [0.05, 0.1) is 10.6 Å². The fourth-order valence-corrected chi connectivity index (χ4v) is 3.32. The summed E-state index contributed by atoms with van der Waals surface area (Å²) in [6.07, 6.45) is -3.22. The van der Waals surface area contributed by atoms with E-state index in [1.807, 2.05) is 11.8 Å². The Labute approximate surface area is 163 Å². The first kappa shape index (κ1) is 20.2. The predicted octanol–water partition coefficient (Wildman–Crippen LogP) is 4.64. The lowest BCUT2D eigenvalue weighted by molar-refractivity contribution is -0.139. The fraction of sp³-hybridized carbons (Fsp3) is 0.333. The van der Waals surface area contributed by atoms with Crippen LogP contribution in [0.25, 0.3) is 0 Å². The molecule has 1 N–H and O–H groups in total. The van der Waals surface area contributed by atoms with Gasteiger partial charge in [-0.1, -0.05) is 11.6 Å². The van der Waals surface area contributed by atoms with Gasteiger partial charge in [-0.2, -0.15) is 13.2 Å². The summed E-state index contributed by atoms with van der Waals surface area (Å²) >= 11 is 6.16. The van der Waals surface area contributed by atoms with Crippen LogP contribution in [-0.4, -0.2) is 41.6 Å². The Bertz CT molecular complexity index is 877. The predicted molar refractivity (Wildman–Crippen MR) is 98.0 cm³/mol. The third-order valence-electron chi connectivity index (χ3n) is 4.45. The van der Waals surface area contributed by atoms with Crippen LogP contribution in [0.5, 0.6) is 0 Å². The monoisotopic (exact) mass is 416 g/mol. The number of pyridine rings is 1. The third-order valence-corrected chi connectivity index (χ3v) is 4.74. The summed E-state index contributed by atoms with van der Waals surface area (Å²) in [6.45, 7) is 3.06. The first-order chi connectivity index (χ1) is 13.2. The van der Waals surface area contributed by atoms with Crippen molar-refractivity contribution in [2.75, 3.05) is 29.9 Å². The molecule has 1 aliphatic rings. The van der Waals surface area contributed by atoms with Gasteiger partial charge in [0.25, 0.3) is 0 Å². The van der Waals surface area contributed by atoms with Gasteiger partial charge >= 0.3 is 12.2 Å². The molecule has 2 heterocycles. The van der Waals surface area contributed by atoms with E-state index in [1.165, 1.54) is 4.90 Å². The number of hydrogen-bond donors (Lipinski definition) is 1. The Kier molecular flexibility index (Phi) is 5.64. The Hall–Kier alpha value is -2.55. The smallest absolute Gasteiger partial charge is 0.352 e. The van der Waals surface area contributed by atoms with Gasteiger partial charge in [0.15, 0.2) is 0 Å². The summed E-state index contributed by atoms with van der Waals surface area (Å²) in [6, 6.07) is 5.01. The average molecular weight is 417 g/mol. The van der Waals surface area contributed by atoms with E-state index < -0.39 is 23.6 Å². The lowest BCUT2D eigenvalue weighted by Crippen LogP contribution is -2.55. The molecule has 0 saturated carbocycles. The van der Waals surface area contributed by atoms with Crippen molar-refractivity contribution in [2.45, 2.75) is 19.1 Å². The molecule has 2 aromatic rings. The van der Waals surface area contributed by atoms with Crippen LogP contribution in [0.15, 0.2) is 36.5 Å². The first-order valence-corrected chi connectivity index (χ1v) is 8.84. The number of carbonyl (C=O) groups is 1. The molecule has 2 amide bonds. The number of nitrogens with zero attached hydrogens (tertiary/aromatic N) is 3. The maximum Gasteiger partial charge on any atom is 0.419 e. The normalized spacial score (nSPS) is 17.6. The molecule has 10 heteroatoms. The molecule has 1 atom stereocenters. The van der Waals surface area contributed by atoms with Gasteiger partial charge in [-0.05, 0) is 37.3 Å². The van der Waals surface area contributed by atoms with Crippen LogP contribution in [0.1, 0.15) is 12.5 Å². The van der Waals surface area contributed by atoms with Gasteiger partial charge in [-0.15, -0.1) is 0 Å². The molecule has 5 nitrogen and oxygen atoms in total. The summed E-state index contributed by atoms with van der Waals surface area (Å²) in [5.74, 6) is -0.774. The third kappa shape index (κ3) is 4.30. The second kappa shape index (κ2) is 7.83. The summed E-state index contributed by atoms with van der Waals surface area (Å²) in [4.78, 5) is 20.2. The van der Waals surface area contributed by atoms with E-state index >= 15 is 0 Å². The highest BCUT2D eigenvalue weighted by atomic mass is 35.5. The SMILES string of the molecule is CC1CN(c2ncccc2Cl)CCN1C(=O)Nc1ccc(F)c(C(F)(F)F)c1. The number of alkyl halides is 3. The minimum atomic E-state index is -4.84. The summed E-state index contributed by atoms with van der Waals surface area (Å²) in [7, 11) is 0. The zero-order valence-electron chi connectivity index (χ0n) is 14.8. The maximum atomic E-state index is 13.4. The molecule has 1 aliphatic heterocycles. The number of amides is 2. The van der Waals surface area contributed by atoms with Gasteiger partial charge in [0.1, 0.15) is 11.6 Å².